The van der Waals surface area contributed by atoms with Crippen LogP contribution in [0.15, 0.2) is 17.0 Å². The minimum Gasteiger partial charge on any atom is -0.506 e. The van der Waals surface area contributed by atoms with E-state index in [1.807, 2.05) is 6.26 Å². The van der Waals surface area contributed by atoms with Gasteiger partial charge in [-0.05, 0) is 41.0 Å². The molecular formula is C7H6ClIOS. The lowest BCUT2D eigenvalue weighted by molar-refractivity contribution is 0.458. The molecule has 0 aromatic heterocycles. The first-order valence-electron chi connectivity index (χ1n) is 2.87. The maximum atomic E-state index is 9.47. The molecule has 0 aliphatic rings. The number of thioether (sulfide) groups is 1. The molecule has 1 N–H and O–H groups in total. The second-order valence-corrected chi connectivity index (χ2v) is 4.30. The molecule has 0 radical (unpaired) electrons. The van der Waals surface area contributed by atoms with Crippen LogP contribution in [0, 0.1) is 3.57 Å². The Kier molecular flexibility index (Phi) is 3.33. The summed E-state index contributed by atoms with van der Waals surface area (Å²) in [5.74, 6) is 0.283. The van der Waals surface area contributed by atoms with Gasteiger partial charge in [-0.15, -0.1) is 11.8 Å². The summed E-state index contributed by atoms with van der Waals surface area (Å²) in [5, 5.41) is 10.1. The molecule has 0 fully saturated rings. The first-order chi connectivity index (χ1) is 5.16. The van der Waals surface area contributed by atoms with Crippen molar-refractivity contribution in [2.75, 3.05) is 6.26 Å². The van der Waals surface area contributed by atoms with Crippen LogP contribution in [0.3, 0.4) is 0 Å². The van der Waals surface area contributed by atoms with Crippen molar-refractivity contribution in [2.24, 2.45) is 0 Å². The standard InChI is InChI=1S/C7H6ClIOS/c1-11-7-4(8)2-3-5(9)6(7)10/h2-3,10H,1H3. The van der Waals surface area contributed by atoms with Gasteiger partial charge in [-0.1, -0.05) is 11.6 Å². The molecule has 0 bridgehead atoms. The summed E-state index contributed by atoms with van der Waals surface area (Å²) in [7, 11) is 0. The molecule has 1 aromatic rings. The zero-order valence-corrected chi connectivity index (χ0v) is 9.50. The Morgan fingerprint density at radius 2 is 2.18 bits per heavy atom. The van der Waals surface area contributed by atoms with E-state index in [1.165, 1.54) is 11.8 Å². The predicted molar refractivity (Wildman–Crippen MR) is 57.6 cm³/mol. The van der Waals surface area contributed by atoms with E-state index in [1.54, 1.807) is 12.1 Å². The third kappa shape index (κ3) is 1.95. The molecule has 1 rings (SSSR count). The zero-order valence-electron chi connectivity index (χ0n) is 5.77. The summed E-state index contributed by atoms with van der Waals surface area (Å²) in [4.78, 5) is 0.749. The van der Waals surface area contributed by atoms with Crippen molar-refractivity contribution in [3.63, 3.8) is 0 Å². The number of halogens is 2. The van der Waals surface area contributed by atoms with Crippen LogP contribution in [0.25, 0.3) is 0 Å². The van der Waals surface area contributed by atoms with Gasteiger partial charge in [0.2, 0.25) is 0 Å². The number of hydrogen-bond acceptors (Lipinski definition) is 2. The number of rotatable bonds is 1. The van der Waals surface area contributed by atoms with Crippen molar-refractivity contribution in [1.82, 2.24) is 0 Å². The molecule has 0 aliphatic carbocycles. The molecule has 0 heterocycles. The van der Waals surface area contributed by atoms with Gasteiger partial charge in [-0.3, -0.25) is 0 Å². The Bertz CT molecular complexity index is 277. The van der Waals surface area contributed by atoms with Crippen LogP contribution in [-0.2, 0) is 0 Å². The lowest BCUT2D eigenvalue weighted by Crippen LogP contribution is -1.79. The van der Waals surface area contributed by atoms with E-state index in [2.05, 4.69) is 22.6 Å². The lowest BCUT2D eigenvalue weighted by Gasteiger charge is -2.04. The van der Waals surface area contributed by atoms with Crippen molar-refractivity contribution in [3.05, 3.63) is 20.7 Å². The van der Waals surface area contributed by atoms with Crippen LogP contribution in [-0.4, -0.2) is 11.4 Å². The van der Waals surface area contributed by atoms with Crippen LogP contribution in [0.5, 0.6) is 5.75 Å². The van der Waals surface area contributed by atoms with E-state index in [-0.39, 0.29) is 5.75 Å². The monoisotopic (exact) mass is 300 g/mol. The fourth-order valence-electron chi connectivity index (χ4n) is 0.717. The van der Waals surface area contributed by atoms with Crippen LogP contribution in [0.4, 0.5) is 0 Å². The average molecular weight is 301 g/mol. The van der Waals surface area contributed by atoms with Crippen molar-refractivity contribution in [2.45, 2.75) is 4.90 Å². The molecule has 0 saturated heterocycles. The zero-order chi connectivity index (χ0) is 8.43. The molecule has 60 valence electrons. The summed E-state index contributed by atoms with van der Waals surface area (Å²) < 4.78 is 0.830. The highest BCUT2D eigenvalue weighted by atomic mass is 127. The van der Waals surface area contributed by atoms with Gasteiger partial charge in [0, 0.05) is 0 Å². The summed E-state index contributed by atoms with van der Waals surface area (Å²) in [5.41, 5.74) is 0. The van der Waals surface area contributed by atoms with Crippen LogP contribution in [0.1, 0.15) is 0 Å². The van der Waals surface area contributed by atoms with Gasteiger partial charge in [-0.25, -0.2) is 0 Å². The first kappa shape index (κ1) is 9.48. The molecular weight excluding hydrogens is 295 g/mol. The molecule has 0 spiro atoms. The Hall–Kier alpha value is 0.390. The highest BCUT2D eigenvalue weighted by Gasteiger charge is 2.07. The SMILES string of the molecule is CSc1c(Cl)ccc(I)c1O. The molecule has 1 aromatic carbocycles. The average Bonchev–Trinajstić information content (AvgIpc) is 1.99. The third-order valence-corrected chi connectivity index (χ3v) is 3.36. The van der Waals surface area contributed by atoms with Gasteiger partial charge in [0.25, 0.3) is 0 Å². The van der Waals surface area contributed by atoms with Gasteiger partial charge in [-0.2, -0.15) is 0 Å². The molecule has 4 heteroatoms. The second kappa shape index (κ2) is 3.87. The van der Waals surface area contributed by atoms with Crippen molar-refractivity contribution >= 4 is 46.0 Å². The van der Waals surface area contributed by atoms with Gasteiger partial charge < -0.3 is 5.11 Å². The third-order valence-electron chi connectivity index (χ3n) is 1.24. The molecule has 0 amide bonds. The summed E-state index contributed by atoms with van der Waals surface area (Å²) in [6, 6.07) is 3.58. The van der Waals surface area contributed by atoms with Crippen molar-refractivity contribution in [3.8, 4) is 5.75 Å². The number of phenols is 1. The minimum atomic E-state index is 0.283. The minimum absolute atomic E-state index is 0.283. The largest absolute Gasteiger partial charge is 0.506 e. The number of benzene rings is 1. The maximum absolute atomic E-state index is 9.47. The molecule has 0 saturated carbocycles. The van der Waals surface area contributed by atoms with Gasteiger partial charge in [0.15, 0.2) is 0 Å². The highest BCUT2D eigenvalue weighted by Crippen LogP contribution is 2.36. The Morgan fingerprint density at radius 1 is 1.55 bits per heavy atom. The number of aromatic hydroxyl groups is 1. The molecule has 0 aliphatic heterocycles. The highest BCUT2D eigenvalue weighted by molar-refractivity contribution is 14.1. The van der Waals surface area contributed by atoms with Crippen LogP contribution < -0.4 is 0 Å². The van der Waals surface area contributed by atoms with E-state index >= 15 is 0 Å². The van der Waals surface area contributed by atoms with E-state index in [0.717, 1.165) is 8.47 Å². The fourth-order valence-corrected chi connectivity index (χ4v) is 2.30. The predicted octanol–water partition coefficient (Wildman–Crippen LogP) is 3.37. The van der Waals surface area contributed by atoms with E-state index in [0.29, 0.717) is 5.02 Å². The van der Waals surface area contributed by atoms with Gasteiger partial charge >= 0.3 is 0 Å². The molecule has 0 atom stereocenters. The number of hydrogen-bond donors (Lipinski definition) is 1. The lowest BCUT2D eigenvalue weighted by atomic mass is 10.3. The summed E-state index contributed by atoms with van der Waals surface area (Å²) in [6.07, 6.45) is 1.89. The maximum Gasteiger partial charge on any atom is 0.143 e. The quantitative estimate of drug-likeness (QED) is 0.634. The second-order valence-electron chi connectivity index (χ2n) is 1.91. The topological polar surface area (TPSA) is 20.2 Å². The normalized spacial score (nSPS) is 10.1. The Balaban J connectivity index is 3.29. The fraction of sp³-hybridized carbons (Fsp3) is 0.143. The Labute approximate surface area is 88.3 Å². The number of phenolic OH excluding ortho intramolecular Hbond substituents is 1. The van der Waals surface area contributed by atoms with E-state index in [9.17, 15) is 5.11 Å². The summed E-state index contributed by atoms with van der Waals surface area (Å²) in [6.45, 7) is 0. The molecule has 0 unspecified atom stereocenters. The van der Waals surface area contributed by atoms with Crippen LogP contribution >= 0.6 is 46.0 Å². The van der Waals surface area contributed by atoms with Crippen molar-refractivity contribution < 1.29 is 5.11 Å². The van der Waals surface area contributed by atoms with E-state index < -0.39 is 0 Å². The smallest absolute Gasteiger partial charge is 0.143 e. The summed E-state index contributed by atoms with van der Waals surface area (Å²) >= 11 is 9.33. The van der Waals surface area contributed by atoms with Crippen molar-refractivity contribution in [1.29, 1.82) is 0 Å². The first-order valence-corrected chi connectivity index (χ1v) is 5.56. The van der Waals surface area contributed by atoms with Gasteiger partial charge in [0.1, 0.15) is 5.75 Å². The van der Waals surface area contributed by atoms with E-state index in [4.69, 9.17) is 11.6 Å². The van der Waals surface area contributed by atoms with Crippen LogP contribution in [0.2, 0.25) is 5.02 Å². The Morgan fingerprint density at radius 3 is 2.64 bits per heavy atom. The van der Waals surface area contributed by atoms with Gasteiger partial charge in [0.05, 0.1) is 13.5 Å². The molecule has 1 nitrogen and oxygen atoms in total. The molecule has 11 heavy (non-hydrogen) atoms.